The highest BCUT2D eigenvalue weighted by atomic mass is 16.5. The summed E-state index contributed by atoms with van der Waals surface area (Å²) in [7, 11) is 0. The molecule has 0 unspecified atom stereocenters. The van der Waals surface area contributed by atoms with Crippen LogP contribution in [0.2, 0.25) is 0 Å². The van der Waals surface area contributed by atoms with Gasteiger partial charge in [0.1, 0.15) is 17.3 Å². The summed E-state index contributed by atoms with van der Waals surface area (Å²) in [6.45, 7) is 0.815. The van der Waals surface area contributed by atoms with E-state index in [0.29, 0.717) is 49.8 Å². The van der Waals surface area contributed by atoms with Gasteiger partial charge in [-0.1, -0.05) is 36.4 Å². The SMILES string of the molecule is Nc1nc(N)c(-c2ccccc2)c(CCCOc2cccc(OCCCC(=O)O)c2)n1. The molecule has 8 nitrogen and oxygen atoms in total. The number of aliphatic carboxylic acids is 1. The molecule has 2 aromatic carbocycles. The summed E-state index contributed by atoms with van der Waals surface area (Å²) < 4.78 is 11.4. The normalized spacial score (nSPS) is 10.6. The van der Waals surface area contributed by atoms with Crippen LogP contribution in [-0.4, -0.2) is 34.3 Å². The first-order chi connectivity index (χ1) is 15.0. The summed E-state index contributed by atoms with van der Waals surface area (Å²) in [6, 6.07) is 17.0. The molecule has 0 radical (unpaired) electrons. The molecule has 3 rings (SSSR count). The van der Waals surface area contributed by atoms with Crippen molar-refractivity contribution in [1.82, 2.24) is 9.97 Å². The van der Waals surface area contributed by atoms with E-state index in [1.807, 2.05) is 48.5 Å². The lowest BCUT2D eigenvalue weighted by molar-refractivity contribution is -0.137. The van der Waals surface area contributed by atoms with Gasteiger partial charge in [0.15, 0.2) is 0 Å². The van der Waals surface area contributed by atoms with Gasteiger partial charge in [-0.25, -0.2) is 4.98 Å². The predicted octanol–water partition coefficient (Wildman–Crippen LogP) is 3.56. The third-order valence-electron chi connectivity index (χ3n) is 4.53. The van der Waals surface area contributed by atoms with Crippen LogP contribution < -0.4 is 20.9 Å². The van der Waals surface area contributed by atoms with Crippen molar-refractivity contribution in [2.24, 2.45) is 0 Å². The Balaban J connectivity index is 1.56. The zero-order valence-electron chi connectivity index (χ0n) is 17.2. The van der Waals surface area contributed by atoms with Crippen LogP contribution in [0, 0.1) is 0 Å². The Morgan fingerprint density at radius 2 is 1.58 bits per heavy atom. The van der Waals surface area contributed by atoms with E-state index in [1.165, 1.54) is 0 Å². The number of rotatable bonds is 11. The Bertz CT molecular complexity index is 1010. The molecule has 3 aromatic rings. The average molecular weight is 422 g/mol. The van der Waals surface area contributed by atoms with Crippen LogP contribution in [-0.2, 0) is 11.2 Å². The van der Waals surface area contributed by atoms with Crippen LogP contribution in [0.25, 0.3) is 11.1 Å². The molecule has 0 aliphatic heterocycles. The van der Waals surface area contributed by atoms with E-state index in [-0.39, 0.29) is 12.4 Å². The van der Waals surface area contributed by atoms with Gasteiger partial charge in [-0.05, 0) is 37.0 Å². The van der Waals surface area contributed by atoms with Gasteiger partial charge >= 0.3 is 5.97 Å². The maximum atomic E-state index is 10.6. The van der Waals surface area contributed by atoms with Crippen molar-refractivity contribution < 1.29 is 19.4 Å². The highest BCUT2D eigenvalue weighted by Gasteiger charge is 2.13. The fourth-order valence-corrected chi connectivity index (χ4v) is 3.14. The fraction of sp³-hybridized carbons (Fsp3) is 0.261. The maximum Gasteiger partial charge on any atom is 0.303 e. The summed E-state index contributed by atoms with van der Waals surface area (Å²) in [5.74, 6) is 1.01. The van der Waals surface area contributed by atoms with Gasteiger partial charge in [-0.3, -0.25) is 4.79 Å². The third-order valence-corrected chi connectivity index (χ3v) is 4.53. The number of aryl methyl sites for hydroxylation is 1. The molecule has 31 heavy (non-hydrogen) atoms. The second-order valence-corrected chi connectivity index (χ2v) is 6.93. The average Bonchev–Trinajstić information content (AvgIpc) is 2.75. The predicted molar refractivity (Wildman–Crippen MR) is 119 cm³/mol. The number of nitrogens with two attached hydrogens (primary N) is 2. The van der Waals surface area contributed by atoms with Crippen molar-refractivity contribution in [2.45, 2.75) is 25.7 Å². The molecule has 0 aliphatic rings. The standard InChI is InChI=1S/C23H26N4O4/c24-22-21(16-7-2-1-3-8-16)19(26-23(25)27-22)11-5-13-30-17-9-4-10-18(15-17)31-14-6-12-20(28)29/h1-4,7-10,15H,5-6,11-14H2,(H,28,29)(H4,24,25,26,27). The summed E-state index contributed by atoms with van der Waals surface area (Å²) in [5, 5.41) is 8.67. The monoisotopic (exact) mass is 422 g/mol. The second-order valence-electron chi connectivity index (χ2n) is 6.93. The van der Waals surface area contributed by atoms with Crippen molar-refractivity contribution in [3.8, 4) is 22.6 Å². The number of carboxylic acids is 1. The van der Waals surface area contributed by atoms with Crippen molar-refractivity contribution in [3.63, 3.8) is 0 Å². The molecule has 8 heteroatoms. The molecule has 1 aromatic heterocycles. The van der Waals surface area contributed by atoms with Gasteiger partial charge in [-0.2, -0.15) is 4.98 Å². The number of nitrogens with zero attached hydrogens (tertiary/aromatic N) is 2. The highest BCUT2D eigenvalue weighted by molar-refractivity contribution is 5.76. The van der Waals surface area contributed by atoms with Gasteiger partial charge in [0.25, 0.3) is 0 Å². The largest absolute Gasteiger partial charge is 0.493 e. The summed E-state index contributed by atoms with van der Waals surface area (Å²) in [5.41, 5.74) is 14.5. The van der Waals surface area contributed by atoms with Gasteiger partial charge in [0.2, 0.25) is 5.95 Å². The Labute approximate surface area is 180 Å². The van der Waals surface area contributed by atoms with Gasteiger partial charge in [0, 0.05) is 18.1 Å². The van der Waals surface area contributed by atoms with Crippen LogP contribution in [0.1, 0.15) is 25.0 Å². The number of benzene rings is 2. The van der Waals surface area contributed by atoms with Crippen LogP contribution in [0.3, 0.4) is 0 Å². The molecule has 0 atom stereocenters. The highest BCUT2D eigenvalue weighted by Crippen LogP contribution is 2.29. The third kappa shape index (κ3) is 6.60. The number of ether oxygens (including phenoxy) is 2. The molecular weight excluding hydrogens is 396 g/mol. The number of aromatic nitrogens is 2. The zero-order chi connectivity index (χ0) is 22.1. The van der Waals surface area contributed by atoms with Gasteiger partial charge in [-0.15, -0.1) is 0 Å². The first kappa shape index (κ1) is 21.9. The summed E-state index contributed by atoms with van der Waals surface area (Å²) in [4.78, 5) is 19.1. The van der Waals surface area contributed by atoms with Crippen LogP contribution in [0.5, 0.6) is 11.5 Å². The number of hydrogen-bond donors (Lipinski definition) is 3. The lowest BCUT2D eigenvalue weighted by Crippen LogP contribution is -2.08. The van der Waals surface area contributed by atoms with Crippen molar-refractivity contribution in [2.75, 3.05) is 24.7 Å². The van der Waals surface area contributed by atoms with Crippen molar-refractivity contribution in [1.29, 1.82) is 0 Å². The molecule has 1 heterocycles. The van der Waals surface area contributed by atoms with Crippen molar-refractivity contribution >= 4 is 17.7 Å². The van der Waals surface area contributed by atoms with Crippen LogP contribution >= 0.6 is 0 Å². The minimum Gasteiger partial charge on any atom is -0.493 e. The Morgan fingerprint density at radius 1 is 0.903 bits per heavy atom. The molecule has 0 bridgehead atoms. The van der Waals surface area contributed by atoms with Crippen LogP contribution in [0.15, 0.2) is 54.6 Å². The minimum atomic E-state index is -0.830. The van der Waals surface area contributed by atoms with E-state index in [4.69, 9.17) is 26.0 Å². The topological polar surface area (TPSA) is 134 Å². The number of hydrogen-bond acceptors (Lipinski definition) is 7. The molecule has 5 N–H and O–H groups in total. The fourth-order valence-electron chi connectivity index (χ4n) is 3.14. The second kappa shape index (κ2) is 10.8. The van der Waals surface area contributed by atoms with Gasteiger partial charge < -0.3 is 26.0 Å². The molecular formula is C23H26N4O4. The van der Waals surface area contributed by atoms with Gasteiger partial charge in [0.05, 0.1) is 18.9 Å². The number of anilines is 2. The zero-order valence-corrected chi connectivity index (χ0v) is 17.2. The molecule has 0 fully saturated rings. The van der Waals surface area contributed by atoms with E-state index in [9.17, 15) is 4.79 Å². The van der Waals surface area contributed by atoms with E-state index in [2.05, 4.69) is 9.97 Å². The number of carboxylic acid groups (broad SMARTS) is 1. The quantitative estimate of drug-likeness (QED) is 0.399. The Morgan fingerprint density at radius 3 is 2.26 bits per heavy atom. The number of nitrogen functional groups attached to an aromatic ring is 2. The minimum absolute atomic E-state index is 0.0826. The Kier molecular flexibility index (Phi) is 7.64. The summed E-state index contributed by atoms with van der Waals surface area (Å²) in [6.07, 6.45) is 1.88. The molecule has 0 saturated carbocycles. The van der Waals surface area contributed by atoms with E-state index < -0.39 is 5.97 Å². The van der Waals surface area contributed by atoms with E-state index >= 15 is 0 Å². The molecule has 0 spiro atoms. The molecule has 162 valence electrons. The van der Waals surface area contributed by atoms with Crippen LogP contribution in [0.4, 0.5) is 11.8 Å². The molecule has 0 saturated heterocycles. The summed E-state index contributed by atoms with van der Waals surface area (Å²) >= 11 is 0. The lowest BCUT2D eigenvalue weighted by atomic mass is 10.0. The van der Waals surface area contributed by atoms with E-state index in [1.54, 1.807) is 6.07 Å². The van der Waals surface area contributed by atoms with E-state index in [0.717, 1.165) is 16.8 Å². The number of carbonyl (C=O) groups is 1. The van der Waals surface area contributed by atoms with Crippen molar-refractivity contribution in [3.05, 3.63) is 60.3 Å². The Hall–Kier alpha value is -3.81. The first-order valence-electron chi connectivity index (χ1n) is 10.1. The maximum absolute atomic E-state index is 10.6. The molecule has 0 amide bonds. The molecule has 0 aliphatic carbocycles. The smallest absolute Gasteiger partial charge is 0.303 e. The first-order valence-corrected chi connectivity index (χ1v) is 10.1. The lowest BCUT2D eigenvalue weighted by Gasteiger charge is -2.13.